The molecule has 3 rings (SSSR count). The van der Waals surface area contributed by atoms with Gasteiger partial charge in [-0.25, -0.2) is 4.79 Å². The van der Waals surface area contributed by atoms with E-state index in [1.165, 1.54) is 38.5 Å². The van der Waals surface area contributed by atoms with Crippen LogP contribution in [0.1, 0.15) is 20.3 Å². The molecule has 0 saturated carbocycles. The van der Waals surface area contributed by atoms with Crippen LogP contribution in [0.4, 0.5) is 34.1 Å². The van der Waals surface area contributed by atoms with Gasteiger partial charge in [0.2, 0.25) is 0 Å². The number of esters is 1. The molecule has 12 heteroatoms. The van der Waals surface area contributed by atoms with Crippen molar-refractivity contribution in [3.05, 3.63) is 82.9 Å². The fourth-order valence-corrected chi connectivity index (χ4v) is 3.58. The Hall–Kier alpha value is -5.13. The molecule has 0 spiro atoms. The van der Waals surface area contributed by atoms with Gasteiger partial charge in [0.15, 0.2) is 0 Å². The molecule has 0 fully saturated rings. The molecule has 12 nitrogen and oxygen atoms in total. The number of nitrogens with zero attached hydrogens (tertiary/aromatic N) is 6. The van der Waals surface area contributed by atoms with Crippen LogP contribution >= 0.6 is 0 Å². The summed E-state index contributed by atoms with van der Waals surface area (Å²) in [5.74, 6) is 0.427. The third kappa shape index (κ3) is 8.43. The predicted octanol–water partition coefficient (Wildman–Crippen LogP) is 7.78. The van der Waals surface area contributed by atoms with Crippen molar-refractivity contribution in [2.45, 2.75) is 20.3 Å². The number of carbonyl (C=O) groups is 1. The van der Waals surface area contributed by atoms with Gasteiger partial charge in [0, 0.05) is 42.1 Å². The Labute approximate surface area is 238 Å². The van der Waals surface area contributed by atoms with Gasteiger partial charge in [-0.2, -0.15) is 10.2 Å². The smallest absolute Gasteiger partial charge is 0.333 e. The van der Waals surface area contributed by atoms with E-state index < -0.39 is 4.92 Å². The minimum absolute atomic E-state index is 0.0350. The van der Waals surface area contributed by atoms with Crippen LogP contribution in [0.5, 0.6) is 11.5 Å². The summed E-state index contributed by atoms with van der Waals surface area (Å²) < 4.78 is 16.2. The second kappa shape index (κ2) is 14.9. The number of benzene rings is 3. The number of nitro benzene ring substituents is 1. The van der Waals surface area contributed by atoms with Gasteiger partial charge in [-0.15, -0.1) is 10.2 Å². The molecule has 3 aromatic carbocycles. The minimum Gasteiger partial charge on any atom is -0.494 e. The highest BCUT2D eigenvalue weighted by molar-refractivity contribution is 5.87. The largest absolute Gasteiger partial charge is 0.494 e. The summed E-state index contributed by atoms with van der Waals surface area (Å²) in [6.45, 7) is 9.13. The predicted molar refractivity (Wildman–Crippen MR) is 156 cm³/mol. The van der Waals surface area contributed by atoms with E-state index in [-0.39, 0.29) is 18.3 Å². The number of ether oxygens (including phenoxy) is 3. The standard InChI is InChI=1S/C29H32N6O6/c1-6-20(3)29(36)41-17-16-34(7-2)23-12-8-21(9-13-23)30-32-25-18-28(40-5)26(19-27(25)39-4)33-31-22-10-14-24(15-11-22)35(37)38/h8-15,18-19H,3,6-7,16-17H2,1-2,4-5H3/b32-30+,33-31+. The summed E-state index contributed by atoms with van der Waals surface area (Å²) in [7, 11) is 2.99. The molecule has 0 aliphatic rings. The summed E-state index contributed by atoms with van der Waals surface area (Å²) in [6, 6.07) is 16.5. The van der Waals surface area contributed by atoms with Crippen molar-refractivity contribution in [3.63, 3.8) is 0 Å². The molecular weight excluding hydrogens is 528 g/mol. The third-order valence-corrected chi connectivity index (χ3v) is 5.99. The highest BCUT2D eigenvalue weighted by Gasteiger charge is 2.12. The molecule has 41 heavy (non-hydrogen) atoms. The SMILES string of the molecule is C=C(CC)C(=O)OCCN(CC)c1ccc(/N=N/c2cc(OC)c(/N=N/c3ccc([N+](=O)[O-])cc3)cc2OC)cc1. The highest BCUT2D eigenvalue weighted by atomic mass is 16.6. The molecule has 0 aromatic heterocycles. The number of hydrogen-bond acceptors (Lipinski definition) is 11. The Balaban J connectivity index is 1.71. The van der Waals surface area contributed by atoms with Crippen molar-refractivity contribution in [3.8, 4) is 11.5 Å². The van der Waals surface area contributed by atoms with Crippen molar-refractivity contribution in [2.75, 3.05) is 38.8 Å². The lowest BCUT2D eigenvalue weighted by Gasteiger charge is -2.23. The number of hydrogen-bond donors (Lipinski definition) is 0. The van der Waals surface area contributed by atoms with Crippen LogP contribution in [-0.4, -0.2) is 44.8 Å². The number of carbonyl (C=O) groups excluding carboxylic acids is 1. The maximum Gasteiger partial charge on any atom is 0.333 e. The number of methoxy groups -OCH3 is 2. The molecule has 214 valence electrons. The lowest BCUT2D eigenvalue weighted by Crippen LogP contribution is -2.28. The molecule has 0 atom stereocenters. The highest BCUT2D eigenvalue weighted by Crippen LogP contribution is 2.41. The second-order valence-corrected chi connectivity index (χ2v) is 8.56. The monoisotopic (exact) mass is 560 g/mol. The number of non-ortho nitro benzene ring substituents is 1. The second-order valence-electron chi connectivity index (χ2n) is 8.56. The molecule has 0 radical (unpaired) electrons. The molecule has 0 unspecified atom stereocenters. The Bertz CT molecular complexity index is 1420. The van der Waals surface area contributed by atoms with Crippen molar-refractivity contribution in [1.82, 2.24) is 0 Å². The van der Waals surface area contributed by atoms with Gasteiger partial charge < -0.3 is 19.1 Å². The summed E-state index contributed by atoms with van der Waals surface area (Å²) in [5, 5.41) is 27.8. The van der Waals surface area contributed by atoms with Crippen molar-refractivity contribution < 1.29 is 23.9 Å². The first-order valence-corrected chi connectivity index (χ1v) is 12.8. The molecule has 0 aliphatic carbocycles. The molecule has 0 heterocycles. The van der Waals surface area contributed by atoms with Gasteiger partial charge in [0.25, 0.3) is 5.69 Å². The third-order valence-electron chi connectivity index (χ3n) is 5.99. The summed E-state index contributed by atoms with van der Waals surface area (Å²) in [5.41, 5.74) is 3.25. The van der Waals surface area contributed by atoms with Crippen LogP contribution in [0.3, 0.4) is 0 Å². The maximum atomic E-state index is 11.8. The van der Waals surface area contributed by atoms with Crippen LogP contribution in [-0.2, 0) is 9.53 Å². The zero-order chi connectivity index (χ0) is 29.8. The lowest BCUT2D eigenvalue weighted by molar-refractivity contribution is -0.384. The van der Waals surface area contributed by atoms with Gasteiger partial charge in [-0.3, -0.25) is 10.1 Å². The number of nitro groups is 1. The molecule has 0 aliphatic heterocycles. The molecule has 0 amide bonds. The Morgan fingerprint density at radius 1 is 0.878 bits per heavy atom. The summed E-state index contributed by atoms with van der Waals surface area (Å²) >= 11 is 0. The Kier molecular flexibility index (Phi) is 11.0. The first-order valence-electron chi connectivity index (χ1n) is 12.8. The molecule has 3 aromatic rings. The first-order chi connectivity index (χ1) is 19.8. The topological polar surface area (TPSA) is 141 Å². The van der Waals surface area contributed by atoms with Crippen molar-refractivity contribution >= 4 is 40.1 Å². The van der Waals surface area contributed by atoms with E-state index in [4.69, 9.17) is 14.2 Å². The van der Waals surface area contributed by atoms with Crippen molar-refractivity contribution in [1.29, 1.82) is 0 Å². The van der Waals surface area contributed by atoms with E-state index >= 15 is 0 Å². The van der Waals surface area contributed by atoms with Gasteiger partial charge in [0.05, 0.1) is 37.1 Å². The zero-order valence-corrected chi connectivity index (χ0v) is 23.4. The summed E-state index contributed by atoms with van der Waals surface area (Å²) in [6.07, 6.45) is 0.560. The van der Waals surface area contributed by atoms with Gasteiger partial charge in [-0.05, 0) is 49.7 Å². The number of anilines is 1. The van der Waals surface area contributed by atoms with E-state index in [0.29, 0.717) is 52.8 Å². The van der Waals surface area contributed by atoms with Crippen LogP contribution in [0.2, 0.25) is 0 Å². The molecular formula is C29H32N6O6. The van der Waals surface area contributed by atoms with E-state index in [2.05, 4.69) is 31.9 Å². The van der Waals surface area contributed by atoms with Crippen LogP contribution < -0.4 is 14.4 Å². The molecule has 0 bridgehead atoms. The van der Waals surface area contributed by atoms with E-state index in [9.17, 15) is 14.9 Å². The zero-order valence-electron chi connectivity index (χ0n) is 23.4. The van der Waals surface area contributed by atoms with E-state index in [1.807, 2.05) is 38.1 Å². The number of azo groups is 2. The average molecular weight is 561 g/mol. The molecule has 0 N–H and O–H groups in total. The molecule has 0 saturated heterocycles. The Morgan fingerprint density at radius 3 is 1.83 bits per heavy atom. The average Bonchev–Trinajstić information content (AvgIpc) is 3.00. The van der Waals surface area contributed by atoms with Crippen LogP contribution in [0, 0.1) is 10.1 Å². The van der Waals surface area contributed by atoms with Gasteiger partial charge >= 0.3 is 5.97 Å². The normalized spacial score (nSPS) is 11.0. The van der Waals surface area contributed by atoms with Crippen LogP contribution in [0.25, 0.3) is 0 Å². The quantitative estimate of drug-likeness (QED) is 0.0644. The first kappa shape index (κ1) is 30.4. The van der Waals surface area contributed by atoms with Crippen LogP contribution in [0.15, 0.2) is 93.3 Å². The minimum atomic E-state index is -0.482. The van der Waals surface area contributed by atoms with E-state index in [1.54, 1.807) is 12.1 Å². The summed E-state index contributed by atoms with van der Waals surface area (Å²) in [4.78, 5) is 24.3. The number of likely N-dealkylation sites (N-methyl/N-ethyl adjacent to an activating group) is 1. The van der Waals surface area contributed by atoms with Gasteiger partial charge in [-0.1, -0.05) is 13.5 Å². The van der Waals surface area contributed by atoms with Gasteiger partial charge in [0.1, 0.15) is 29.5 Å². The fourth-order valence-electron chi connectivity index (χ4n) is 3.58. The lowest BCUT2D eigenvalue weighted by atomic mass is 10.2. The maximum absolute atomic E-state index is 11.8. The van der Waals surface area contributed by atoms with Crippen molar-refractivity contribution in [2.24, 2.45) is 20.5 Å². The number of rotatable bonds is 14. The Morgan fingerprint density at radius 2 is 1.39 bits per heavy atom. The van der Waals surface area contributed by atoms with E-state index in [0.717, 1.165) is 12.2 Å². The fraction of sp³-hybridized carbons (Fsp3) is 0.276.